The zero-order chi connectivity index (χ0) is 21.0. The van der Waals surface area contributed by atoms with Crippen LogP contribution in [0, 0.1) is 5.92 Å². The first-order chi connectivity index (χ1) is 13.9. The number of methoxy groups -OCH3 is 1. The summed E-state index contributed by atoms with van der Waals surface area (Å²) < 4.78 is 10.0. The van der Waals surface area contributed by atoms with Crippen LogP contribution in [0.3, 0.4) is 0 Å². The van der Waals surface area contributed by atoms with Gasteiger partial charge in [0.25, 0.3) is 0 Å². The highest BCUT2D eigenvalue weighted by Gasteiger charge is 2.28. The van der Waals surface area contributed by atoms with Crippen LogP contribution in [0.5, 0.6) is 0 Å². The van der Waals surface area contributed by atoms with Crippen molar-refractivity contribution in [2.24, 2.45) is 5.92 Å². The maximum atomic E-state index is 12.4. The summed E-state index contributed by atoms with van der Waals surface area (Å²) in [5, 5.41) is 7.24. The molecule has 2 N–H and O–H groups in total. The monoisotopic (exact) mass is 432 g/mol. The van der Waals surface area contributed by atoms with E-state index < -0.39 is 0 Å². The van der Waals surface area contributed by atoms with Crippen LogP contribution < -0.4 is 10.6 Å². The van der Waals surface area contributed by atoms with Gasteiger partial charge in [0.2, 0.25) is 0 Å². The Labute approximate surface area is 179 Å². The molecule has 6 nitrogen and oxygen atoms in total. The Hall–Kier alpha value is -2.45. The molecule has 0 saturated heterocycles. The van der Waals surface area contributed by atoms with Gasteiger partial charge < -0.3 is 20.1 Å². The predicted octanol–water partition coefficient (Wildman–Crippen LogP) is 4.65. The van der Waals surface area contributed by atoms with Crippen molar-refractivity contribution in [1.82, 2.24) is 0 Å². The third-order valence-corrected chi connectivity index (χ3v) is 6.13. The molecule has 1 aromatic carbocycles. The molecule has 3 rings (SSSR count). The number of thiophene rings is 1. The molecule has 1 aromatic heterocycles. The number of ether oxygens (including phenoxy) is 2. The Balaban J connectivity index is 1.78. The lowest BCUT2D eigenvalue weighted by atomic mass is 9.88. The molecule has 1 atom stereocenters. The van der Waals surface area contributed by atoms with Crippen LogP contribution in [0.25, 0.3) is 0 Å². The molecule has 0 spiro atoms. The van der Waals surface area contributed by atoms with Crippen LogP contribution in [0.1, 0.15) is 51.4 Å². The zero-order valence-corrected chi connectivity index (χ0v) is 18.3. The van der Waals surface area contributed by atoms with Gasteiger partial charge in [-0.05, 0) is 68.1 Å². The fourth-order valence-corrected chi connectivity index (χ4v) is 5.05. The smallest absolute Gasteiger partial charge is 0.341 e. The first kappa shape index (κ1) is 21.3. The molecule has 0 aliphatic heterocycles. The van der Waals surface area contributed by atoms with Gasteiger partial charge >= 0.3 is 11.9 Å². The highest BCUT2D eigenvalue weighted by molar-refractivity contribution is 7.80. The summed E-state index contributed by atoms with van der Waals surface area (Å²) in [5.41, 5.74) is 2.73. The molecule has 1 aliphatic rings. The molecule has 0 saturated carbocycles. The minimum absolute atomic E-state index is 0.314. The second kappa shape index (κ2) is 9.37. The Kier molecular flexibility index (Phi) is 6.87. The minimum Gasteiger partial charge on any atom is -0.465 e. The van der Waals surface area contributed by atoms with Gasteiger partial charge in [0.1, 0.15) is 5.00 Å². The molecule has 2 aromatic rings. The number of fused-ring (bicyclic) bond motifs is 1. The lowest BCUT2D eigenvalue weighted by Crippen LogP contribution is -2.20. The van der Waals surface area contributed by atoms with Crippen LogP contribution >= 0.6 is 23.6 Å². The van der Waals surface area contributed by atoms with E-state index in [2.05, 4.69) is 17.6 Å². The number of carbonyl (C=O) groups excluding carboxylic acids is 2. The Morgan fingerprint density at radius 2 is 2.07 bits per heavy atom. The van der Waals surface area contributed by atoms with E-state index in [0.717, 1.165) is 24.8 Å². The summed E-state index contributed by atoms with van der Waals surface area (Å²) in [4.78, 5) is 25.5. The largest absolute Gasteiger partial charge is 0.465 e. The summed E-state index contributed by atoms with van der Waals surface area (Å²) in [6, 6.07) is 6.92. The highest BCUT2D eigenvalue weighted by Crippen LogP contribution is 2.40. The van der Waals surface area contributed by atoms with Gasteiger partial charge in [-0.3, -0.25) is 0 Å². The highest BCUT2D eigenvalue weighted by atomic mass is 32.1. The van der Waals surface area contributed by atoms with Crippen LogP contribution in [0.2, 0.25) is 0 Å². The number of benzene rings is 1. The number of hydrogen-bond donors (Lipinski definition) is 2. The topological polar surface area (TPSA) is 76.7 Å². The van der Waals surface area contributed by atoms with Crippen LogP contribution in [-0.2, 0) is 22.3 Å². The zero-order valence-electron chi connectivity index (χ0n) is 16.7. The molecule has 0 fully saturated rings. The molecule has 0 bridgehead atoms. The molecular formula is C21H24N2O4S2. The number of esters is 2. The standard InChI is InChI=1S/C21H24N2O4S2/c1-4-27-19(24)13-6-5-7-14(11-13)22-21(28)23-18-17(20(25)26-3)15-9-8-12(2)10-16(15)29-18/h5-7,11-12H,4,8-10H2,1-3H3,(H2,22,23,28). The van der Waals surface area contributed by atoms with Crippen molar-refractivity contribution >= 4 is 51.3 Å². The van der Waals surface area contributed by atoms with Gasteiger partial charge in [-0.2, -0.15) is 0 Å². The first-order valence-electron chi connectivity index (χ1n) is 9.51. The van der Waals surface area contributed by atoms with Gasteiger partial charge in [-0.25, -0.2) is 9.59 Å². The van der Waals surface area contributed by atoms with Crippen LogP contribution in [0.4, 0.5) is 10.7 Å². The summed E-state index contributed by atoms with van der Waals surface area (Å²) >= 11 is 6.99. The van der Waals surface area contributed by atoms with E-state index in [9.17, 15) is 9.59 Å². The van der Waals surface area contributed by atoms with Gasteiger partial charge in [0, 0.05) is 10.6 Å². The number of nitrogens with one attached hydrogen (secondary N) is 2. The average molecular weight is 433 g/mol. The molecule has 154 valence electrons. The van der Waals surface area contributed by atoms with Crippen molar-refractivity contribution in [3.05, 3.63) is 45.8 Å². The number of carbonyl (C=O) groups is 2. The van der Waals surface area contributed by atoms with E-state index in [1.807, 2.05) is 0 Å². The van der Waals surface area contributed by atoms with Crippen molar-refractivity contribution in [3.8, 4) is 0 Å². The molecule has 0 radical (unpaired) electrons. The Morgan fingerprint density at radius 1 is 1.28 bits per heavy atom. The number of rotatable bonds is 5. The third-order valence-electron chi connectivity index (χ3n) is 4.76. The summed E-state index contributed by atoms with van der Waals surface area (Å²) in [7, 11) is 1.39. The lowest BCUT2D eigenvalue weighted by molar-refractivity contribution is 0.0525. The van der Waals surface area contributed by atoms with Gasteiger partial charge in [-0.1, -0.05) is 13.0 Å². The van der Waals surface area contributed by atoms with E-state index >= 15 is 0 Å². The fraction of sp³-hybridized carbons (Fsp3) is 0.381. The van der Waals surface area contributed by atoms with Crippen LogP contribution in [0.15, 0.2) is 24.3 Å². The molecule has 1 unspecified atom stereocenters. The second-order valence-electron chi connectivity index (χ2n) is 6.93. The average Bonchev–Trinajstić information content (AvgIpc) is 3.04. The van der Waals surface area contributed by atoms with Crippen molar-refractivity contribution in [2.75, 3.05) is 24.4 Å². The third kappa shape index (κ3) is 4.94. The molecule has 29 heavy (non-hydrogen) atoms. The van der Waals surface area contributed by atoms with Crippen molar-refractivity contribution in [3.63, 3.8) is 0 Å². The number of thiocarbonyl (C=S) groups is 1. The van der Waals surface area contributed by atoms with Crippen molar-refractivity contribution < 1.29 is 19.1 Å². The van der Waals surface area contributed by atoms with E-state index in [1.54, 1.807) is 42.5 Å². The SMILES string of the molecule is CCOC(=O)c1cccc(NC(=S)Nc2sc3c(c2C(=O)OC)CCC(C)C3)c1. The maximum absolute atomic E-state index is 12.4. The first-order valence-corrected chi connectivity index (χ1v) is 10.7. The summed E-state index contributed by atoms with van der Waals surface area (Å²) in [6.07, 6.45) is 2.87. The molecule has 0 amide bonds. The van der Waals surface area contributed by atoms with E-state index in [0.29, 0.717) is 39.5 Å². The maximum Gasteiger partial charge on any atom is 0.341 e. The summed E-state index contributed by atoms with van der Waals surface area (Å²) in [6.45, 7) is 4.30. The van der Waals surface area contributed by atoms with E-state index in [-0.39, 0.29) is 11.9 Å². The Bertz CT molecular complexity index is 939. The van der Waals surface area contributed by atoms with E-state index in [4.69, 9.17) is 21.7 Å². The molecular weight excluding hydrogens is 408 g/mol. The van der Waals surface area contributed by atoms with Gasteiger partial charge in [0.05, 0.1) is 24.8 Å². The normalized spacial score (nSPS) is 15.2. The summed E-state index contributed by atoms with van der Waals surface area (Å²) in [5.74, 6) is -0.148. The van der Waals surface area contributed by atoms with Gasteiger partial charge in [0.15, 0.2) is 5.11 Å². The van der Waals surface area contributed by atoms with Crippen molar-refractivity contribution in [2.45, 2.75) is 33.1 Å². The molecule has 8 heteroatoms. The fourth-order valence-electron chi connectivity index (χ4n) is 3.36. The van der Waals surface area contributed by atoms with E-state index in [1.165, 1.54) is 12.0 Å². The lowest BCUT2D eigenvalue weighted by Gasteiger charge is -2.18. The van der Waals surface area contributed by atoms with Crippen LogP contribution in [-0.4, -0.2) is 30.8 Å². The molecule has 1 heterocycles. The predicted molar refractivity (Wildman–Crippen MR) is 119 cm³/mol. The second-order valence-corrected chi connectivity index (χ2v) is 8.44. The minimum atomic E-state index is -0.386. The quantitative estimate of drug-likeness (QED) is 0.526. The van der Waals surface area contributed by atoms with Crippen molar-refractivity contribution in [1.29, 1.82) is 0 Å². The number of anilines is 2. The Morgan fingerprint density at radius 3 is 2.79 bits per heavy atom. The molecule has 1 aliphatic carbocycles. The van der Waals surface area contributed by atoms with Gasteiger partial charge in [-0.15, -0.1) is 11.3 Å². The number of hydrogen-bond acceptors (Lipinski definition) is 6.